The summed E-state index contributed by atoms with van der Waals surface area (Å²) in [6.07, 6.45) is 1.42. The fourth-order valence-electron chi connectivity index (χ4n) is 1.76. The number of pyridine rings is 1. The third-order valence-electron chi connectivity index (χ3n) is 2.76. The number of hydrogen-bond donors (Lipinski definition) is 2. The number of nitrogens with zero attached hydrogens (tertiary/aromatic N) is 1. The zero-order valence-corrected chi connectivity index (χ0v) is 10.3. The molecule has 0 fully saturated rings. The molecule has 1 heterocycles. The number of nitrogens with two attached hydrogens (primary N) is 1. The molecule has 3 N–H and O–H groups in total. The minimum Gasteiger partial charge on any atom is -0.478 e. The van der Waals surface area contributed by atoms with Crippen molar-refractivity contribution in [3.63, 3.8) is 0 Å². The molecule has 0 saturated heterocycles. The molecule has 2 rings (SSSR count). The van der Waals surface area contributed by atoms with Crippen LogP contribution in [0.2, 0.25) is 0 Å². The van der Waals surface area contributed by atoms with Crippen LogP contribution in [-0.4, -0.2) is 21.8 Å². The van der Waals surface area contributed by atoms with E-state index in [0.29, 0.717) is 16.7 Å². The summed E-state index contributed by atoms with van der Waals surface area (Å²) in [5.74, 6) is -0.957. The number of Topliss-reactive ketones (excluding diaryl/α,β-unsaturated/α-hetero) is 1. The first-order valence-corrected chi connectivity index (χ1v) is 5.59. The van der Waals surface area contributed by atoms with E-state index in [1.807, 2.05) is 0 Å². The van der Waals surface area contributed by atoms with Crippen LogP contribution >= 0.6 is 0 Å². The van der Waals surface area contributed by atoms with Crippen molar-refractivity contribution in [2.75, 3.05) is 5.73 Å². The third-order valence-corrected chi connectivity index (χ3v) is 2.76. The van der Waals surface area contributed by atoms with Crippen LogP contribution in [0, 0.1) is 0 Å². The lowest BCUT2D eigenvalue weighted by molar-refractivity contribution is 0.0697. The number of anilines is 1. The van der Waals surface area contributed by atoms with Crippen molar-refractivity contribution < 1.29 is 14.7 Å². The molecule has 0 aliphatic heterocycles. The lowest BCUT2D eigenvalue weighted by Gasteiger charge is -2.07. The molecule has 1 aromatic carbocycles. The maximum Gasteiger partial charge on any atom is 0.336 e. The molecule has 0 atom stereocenters. The first-order chi connectivity index (χ1) is 8.99. The summed E-state index contributed by atoms with van der Waals surface area (Å²) in [6.45, 7) is 1.47. The minimum atomic E-state index is -1.07. The summed E-state index contributed by atoms with van der Waals surface area (Å²) < 4.78 is 0. The summed E-state index contributed by atoms with van der Waals surface area (Å²) in [5.41, 5.74) is 7.29. The van der Waals surface area contributed by atoms with E-state index in [9.17, 15) is 9.59 Å². The maximum absolute atomic E-state index is 11.2. The van der Waals surface area contributed by atoms with Crippen molar-refractivity contribution in [2.45, 2.75) is 6.92 Å². The Hall–Kier alpha value is -2.69. The Morgan fingerprint density at radius 1 is 1.21 bits per heavy atom. The van der Waals surface area contributed by atoms with Gasteiger partial charge in [0.25, 0.3) is 0 Å². The maximum atomic E-state index is 11.2. The van der Waals surface area contributed by atoms with Crippen LogP contribution in [0.1, 0.15) is 27.6 Å². The van der Waals surface area contributed by atoms with E-state index in [2.05, 4.69) is 4.98 Å². The first kappa shape index (κ1) is 12.8. The first-order valence-electron chi connectivity index (χ1n) is 5.59. The second-order valence-corrected chi connectivity index (χ2v) is 4.09. The van der Waals surface area contributed by atoms with Crippen molar-refractivity contribution in [1.29, 1.82) is 0 Å². The molecule has 0 amide bonds. The van der Waals surface area contributed by atoms with Crippen molar-refractivity contribution in [3.8, 4) is 11.1 Å². The Bertz CT molecular complexity index is 648. The molecular weight excluding hydrogens is 244 g/mol. The largest absolute Gasteiger partial charge is 0.478 e. The summed E-state index contributed by atoms with van der Waals surface area (Å²) in [7, 11) is 0. The number of carbonyl (C=O) groups is 2. The number of aromatic nitrogens is 1. The average Bonchev–Trinajstić information content (AvgIpc) is 2.38. The van der Waals surface area contributed by atoms with E-state index in [0.717, 1.165) is 0 Å². The number of carboxylic acids is 1. The molecule has 0 spiro atoms. The highest BCUT2D eigenvalue weighted by Crippen LogP contribution is 2.24. The van der Waals surface area contributed by atoms with Gasteiger partial charge in [-0.3, -0.25) is 4.79 Å². The van der Waals surface area contributed by atoms with Gasteiger partial charge in [0.1, 0.15) is 5.82 Å². The monoisotopic (exact) mass is 256 g/mol. The lowest BCUT2D eigenvalue weighted by Crippen LogP contribution is -2.03. The molecule has 96 valence electrons. The Balaban J connectivity index is 2.52. The molecule has 0 aliphatic carbocycles. The average molecular weight is 256 g/mol. The summed E-state index contributed by atoms with van der Waals surface area (Å²) >= 11 is 0. The van der Waals surface area contributed by atoms with Gasteiger partial charge in [-0.1, -0.05) is 24.3 Å². The van der Waals surface area contributed by atoms with Crippen LogP contribution in [0.25, 0.3) is 11.1 Å². The number of carbonyl (C=O) groups excluding carboxylic acids is 1. The van der Waals surface area contributed by atoms with Gasteiger partial charge in [0.15, 0.2) is 5.78 Å². The molecule has 5 heteroatoms. The summed E-state index contributed by atoms with van der Waals surface area (Å²) in [4.78, 5) is 26.3. The Morgan fingerprint density at radius 2 is 1.84 bits per heavy atom. The lowest BCUT2D eigenvalue weighted by atomic mass is 10.00. The molecule has 0 unspecified atom stereocenters. The fraction of sp³-hybridized carbons (Fsp3) is 0.0714. The van der Waals surface area contributed by atoms with Crippen LogP contribution < -0.4 is 5.73 Å². The molecule has 19 heavy (non-hydrogen) atoms. The Kier molecular flexibility index (Phi) is 3.29. The quantitative estimate of drug-likeness (QED) is 0.821. The Labute approximate surface area is 109 Å². The highest BCUT2D eigenvalue weighted by molar-refractivity contribution is 5.97. The number of benzene rings is 1. The van der Waals surface area contributed by atoms with Gasteiger partial charge in [-0.05, 0) is 18.6 Å². The van der Waals surface area contributed by atoms with E-state index in [-0.39, 0.29) is 17.2 Å². The highest BCUT2D eigenvalue weighted by Gasteiger charge is 2.13. The molecule has 0 bridgehead atoms. The van der Waals surface area contributed by atoms with Gasteiger partial charge >= 0.3 is 5.97 Å². The van der Waals surface area contributed by atoms with Gasteiger partial charge in [0.2, 0.25) is 0 Å². The van der Waals surface area contributed by atoms with Crippen LogP contribution in [0.5, 0.6) is 0 Å². The SMILES string of the molecule is CC(=O)c1ccc(-c2cnc(N)cc2C(=O)O)cc1. The normalized spacial score (nSPS) is 10.2. The third kappa shape index (κ3) is 2.60. The molecule has 2 aromatic rings. The second kappa shape index (κ2) is 4.89. The number of hydrogen-bond acceptors (Lipinski definition) is 4. The van der Waals surface area contributed by atoms with Crippen molar-refractivity contribution in [1.82, 2.24) is 4.98 Å². The van der Waals surface area contributed by atoms with Crippen LogP contribution in [0.15, 0.2) is 36.5 Å². The number of carboxylic acid groups (broad SMARTS) is 1. The molecule has 0 saturated carbocycles. The van der Waals surface area contributed by atoms with Gasteiger partial charge in [0, 0.05) is 17.3 Å². The van der Waals surface area contributed by atoms with E-state index < -0.39 is 5.97 Å². The minimum absolute atomic E-state index is 0.0413. The van der Waals surface area contributed by atoms with Crippen LogP contribution in [-0.2, 0) is 0 Å². The zero-order chi connectivity index (χ0) is 14.0. The number of nitrogen functional groups attached to an aromatic ring is 1. The molecule has 0 radical (unpaired) electrons. The summed E-state index contributed by atoms with van der Waals surface area (Å²) in [5, 5.41) is 9.16. The molecule has 1 aromatic heterocycles. The predicted molar refractivity (Wildman–Crippen MR) is 71.0 cm³/mol. The molecule has 5 nitrogen and oxygen atoms in total. The highest BCUT2D eigenvalue weighted by atomic mass is 16.4. The van der Waals surface area contributed by atoms with Crippen LogP contribution in [0.3, 0.4) is 0 Å². The van der Waals surface area contributed by atoms with Crippen molar-refractivity contribution in [3.05, 3.63) is 47.7 Å². The number of aromatic carboxylic acids is 1. The smallest absolute Gasteiger partial charge is 0.336 e. The number of ketones is 1. The molecular formula is C14H12N2O3. The standard InChI is InChI=1S/C14H12N2O3/c1-8(17)9-2-4-10(5-3-9)12-7-16-13(15)6-11(12)14(18)19/h2-7H,1H3,(H2,15,16)(H,18,19). The van der Waals surface area contributed by atoms with Gasteiger partial charge in [-0.15, -0.1) is 0 Å². The second-order valence-electron chi connectivity index (χ2n) is 4.09. The predicted octanol–water partition coefficient (Wildman–Crippen LogP) is 2.23. The van der Waals surface area contributed by atoms with E-state index >= 15 is 0 Å². The van der Waals surface area contributed by atoms with Gasteiger partial charge < -0.3 is 10.8 Å². The van der Waals surface area contributed by atoms with Crippen LogP contribution in [0.4, 0.5) is 5.82 Å². The van der Waals surface area contributed by atoms with Gasteiger partial charge in [0.05, 0.1) is 5.56 Å². The summed E-state index contributed by atoms with van der Waals surface area (Å²) in [6, 6.07) is 8.00. The van der Waals surface area contributed by atoms with Gasteiger partial charge in [-0.25, -0.2) is 9.78 Å². The topological polar surface area (TPSA) is 93.3 Å². The zero-order valence-electron chi connectivity index (χ0n) is 10.3. The van der Waals surface area contributed by atoms with Crippen molar-refractivity contribution in [2.24, 2.45) is 0 Å². The van der Waals surface area contributed by atoms with Gasteiger partial charge in [-0.2, -0.15) is 0 Å². The number of rotatable bonds is 3. The van der Waals surface area contributed by atoms with E-state index in [4.69, 9.17) is 10.8 Å². The van der Waals surface area contributed by atoms with Crippen molar-refractivity contribution >= 4 is 17.6 Å². The molecule has 0 aliphatic rings. The Morgan fingerprint density at radius 3 is 2.37 bits per heavy atom. The fourth-order valence-corrected chi connectivity index (χ4v) is 1.76. The van der Waals surface area contributed by atoms with E-state index in [1.54, 1.807) is 24.3 Å². The van der Waals surface area contributed by atoms with E-state index in [1.165, 1.54) is 19.2 Å².